The second kappa shape index (κ2) is 15.7. The Hall–Kier alpha value is -3.59. The normalized spacial score (nSPS) is 19.5. The van der Waals surface area contributed by atoms with Crippen molar-refractivity contribution in [3.63, 3.8) is 0 Å². The molecule has 0 N–H and O–H groups in total. The van der Waals surface area contributed by atoms with E-state index in [4.69, 9.17) is 16.6 Å². The van der Waals surface area contributed by atoms with Crippen molar-refractivity contribution in [2.24, 2.45) is 5.92 Å². The number of rotatable bonds is 11. The molecule has 0 spiro atoms. The fourth-order valence-corrected chi connectivity index (χ4v) is 7.26. The SMILES string of the molecule is C=[N+]1CCN(CC2=CC=C(CCC(C)C)C(n3c(CN4CCN(C(=O)CCc5ccc(Cl)cc5)CC4)nc4ccccc4c3=O)C2)CC1. The van der Waals surface area contributed by atoms with Gasteiger partial charge in [0.15, 0.2) is 13.1 Å². The van der Waals surface area contributed by atoms with Gasteiger partial charge in [0.1, 0.15) is 12.5 Å². The monoisotopic (exact) mass is 669 g/mol. The van der Waals surface area contributed by atoms with E-state index >= 15 is 0 Å². The van der Waals surface area contributed by atoms with Crippen LogP contribution in [0, 0.1) is 5.92 Å². The molecule has 3 aromatic rings. The van der Waals surface area contributed by atoms with Gasteiger partial charge in [-0.15, -0.1) is 0 Å². The predicted molar refractivity (Wildman–Crippen MR) is 195 cm³/mol. The number of piperazine rings is 2. The predicted octanol–water partition coefficient (Wildman–Crippen LogP) is 5.59. The molecule has 2 fully saturated rings. The van der Waals surface area contributed by atoms with Crippen LogP contribution in [0.4, 0.5) is 0 Å². The van der Waals surface area contributed by atoms with Crippen molar-refractivity contribution in [1.29, 1.82) is 0 Å². The van der Waals surface area contributed by atoms with E-state index in [-0.39, 0.29) is 17.5 Å². The first-order valence-electron chi connectivity index (χ1n) is 17.6. The molecule has 254 valence electrons. The highest BCUT2D eigenvalue weighted by atomic mass is 35.5. The fraction of sp³-hybridized carbons (Fsp3) is 0.487. The summed E-state index contributed by atoms with van der Waals surface area (Å²) in [6.07, 6.45) is 8.66. The summed E-state index contributed by atoms with van der Waals surface area (Å²) in [6, 6.07) is 15.4. The summed E-state index contributed by atoms with van der Waals surface area (Å²) in [5.41, 5.74) is 4.58. The number of amides is 1. The van der Waals surface area contributed by atoms with Crippen LogP contribution in [-0.2, 0) is 17.8 Å². The third-order valence-corrected chi connectivity index (χ3v) is 10.4. The molecule has 0 radical (unpaired) electrons. The van der Waals surface area contributed by atoms with Crippen molar-refractivity contribution in [3.8, 4) is 0 Å². The molecule has 1 aromatic heterocycles. The van der Waals surface area contributed by atoms with Gasteiger partial charge in [-0.1, -0.05) is 67.4 Å². The molecule has 0 saturated carbocycles. The first-order valence-corrected chi connectivity index (χ1v) is 18.0. The highest BCUT2D eigenvalue weighted by Gasteiger charge is 2.29. The lowest BCUT2D eigenvalue weighted by Crippen LogP contribution is -2.49. The number of carbonyl (C=O) groups excluding carboxylic acids is 1. The largest absolute Gasteiger partial charge is 0.340 e. The topological polar surface area (TPSA) is 64.7 Å². The summed E-state index contributed by atoms with van der Waals surface area (Å²) in [7, 11) is 0. The first kappa shape index (κ1) is 34.3. The molecule has 2 aromatic carbocycles. The van der Waals surface area contributed by atoms with Crippen LogP contribution in [0.15, 0.2) is 76.6 Å². The molecule has 1 amide bonds. The summed E-state index contributed by atoms with van der Waals surface area (Å²) in [6.45, 7) is 16.9. The van der Waals surface area contributed by atoms with Crippen molar-refractivity contribution in [2.45, 2.75) is 58.5 Å². The van der Waals surface area contributed by atoms with Crippen LogP contribution in [0.2, 0.25) is 5.02 Å². The highest BCUT2D eigenvalue weighted by Crippen LogP contribution is 2.34. The van der Waals surface area contributed by atoms with Gasteiger partial charge in [-0.3, -0.25) is 24.0 Å². The van der Waals surface area contributed by atoms with E-state index in [1.54, 1.807) is 0 Å². The summed E-state index contributed by atoms with van der Waals surface area (Å²) < 4.78 is 4.17. The first-order chi connectivity index (χ1) is 23.2. The zero-order valence-corrected chi connectivity index (χ0v) is 29.4. The Morgan fingerprint density at radius 3 is 2.38 bits per heavy atom. The summed E-state index contributed by atoms with van der Waals surface area (Å²) in [5, 5.41) is 1.38. The number of aryl methyl sites for hydroxylation is 1. The maximum Gasteiger partial charge on any atom is 0.261 e. The average molecular weight is 670 g/mol. The van der Waals surface area contributed by atoms with E-state index in [0.29, 0.717) is 48.8 Å². The second-order valence-corrected chi connectivity index (χ2v) is 14.6. The Balaban J connectivity index is 1.21. The maximum atomic E-state index is 14.4. The molecule has 6 rings (SSSR count). The molecule has 1 aliphatic carbocycles. The lowest BCUT2D eigenvalue weighted by Gasteiger charge is -2.36. The smallest absolute Gasteiger partial charge is 0.261 e. The van der Waals surface area contributed by atoms with Gasteiger partial charge in [-0.05, 0) is 67.0 Å². The minimum atomic E-state index is -0.0618. The fourth-order valence-electron chi connectivity index (χ4n) is 7.14. The molecular weight excluding hydrogens is 620 g/mol. The summed E-state index contributed by atoms with van der Waals surface area (Å²) >= 11 is 6.02. The van der Waals surface area contributed by atoms with Gasteiger partial charge in [0.2, 0.25) is 5.91 Å². The molecule has 3 heterocycles. The lowest BCUT2D eigenvalue weighted by atomic mass is 9.88. The Morgan fingerprint density at radius 2 is 1.65 bits per heavy atom. The third kappa shape index (κ3) is 8.52. The molecule has 8 nitrogen and oxygen atoms in total. The summed E-state index contributed by atoms with van der Waals surface area (Å²) in [4.78, 5) is 39.5. The summed E-state index contributed by atoms with van der Waals surface area (Å²) in [5.74, 6) is 1.57. The van der Waals surface area contributed by atoms with Gasteiger partial charge in [0.05, 0.1) is 36.6 Å². The number of allylic oxidation sites excluding steroid dienone is 3. The van der Waals surface area contributed by atoms with Crippen molar-refractivity contribution < 1.29 is 9.37 Å². The molecule has 3 aliphatic rings. The van der Waals surface area contributed by atoms with Crippen molar-refractivity contribution >= 4 is 35.1 Å². The van der Waals surface area contributed by atoms with Crippen molar-refractivity contribution in [2.75, 3.05) is 58.9 Å². The van der Waals surface area contributed by atoms with Gasteiger partial charge in [0, 0.05) is 44.2 Å². The maximum absolute atomic E-state index is 14.4. The Kier molecular flexibility index (Phi) is 11.2. The van der Waals surface area contributed by atoms with Crippen molar-refractivity contribution in [3.05, 3.63) is 98.6 Å². The molecular formula is C39H50ClN6O2+. The van der Waals surface area contributed by atoms with E-state index in [0.717, 1.165) is 82.0 Å². The zero-order chi connectivity index (χ0) is 33.6. The van der Waals surface area contributed by atoms with E-state index in [2.05, 4.69) is 47.1 Å². The van der Waals surface area contributed by atoms with Gasteiger partial charge in [0.25, 0.3) is 5.56 Å². The molecule has 2 saturated heterocycles. The van der Waals surface area contributed by atoms with Crippen LogP contribution in [0.5, 0.6) is 0 Å². The molecule has 0 bridgehead atoms. The molecule has 48 heavy (non-hydrogen) atoms. The van der Waals surface area contributed by atoms with Gasteiger partial charge in [-0.25, -0.2) is 9.56 Å². The van der Waals surface area contributed by atoms with Crippen LogP contribution in [0.3, 0.4) is 0 Å². The van der Waals surface area contributed by atoms with Gasteiger partial charge in [-0.2, -0.15) is 0 Å². The van der Waals surface area contributed by atoms with E-state index in [9.17, 15) is 9.59 Å². The van der Waals surface area contributed by atoms with E-state index in [1.807, 2.05) is 58.0 Å². The van der Waals surface area contributed by atoms with Gasteiger partial charge >= 0.3 is 0 Å². The number of hydrogen-bond donors (Lipinski definition) is 0. The van der Waals surface area contributed by atoms with Crippen LogP contribution in [-0.4, -0.2) is 100 Å². The third-order valence-electron chi connectivity index (χ3n) is 10.1. The number of aromatic nitrogens is 2. The standard InChI is InChI=1S/C39H50ClN6O2/c1-29(2)8-13-32-14-9-31(27-43-20-18-42(3)19-21-43)26-36(32)46-37(41-35-7-5-4-6-34(35)39(46)48)28-44-22-24-45(25-23-44)38(47)17-12-30-10-15-33(40)16-11-30/h4-7,9-11,14-16,29,36H,3,8,12-13,17-28H2,1-2H3/q+1. The average Bonchev–Trinajstić information content (AvgIpc) is 3.09. The zero-order valence-electron chi connectivity index (χ0n) is 28.6. The Bertz CT molecular complexity index is 1730. The number of carbonyl (C=O) groups is 1. The van der Waals surface area contributed by atoms with E-state index < -0.39 is 0 Å². The number of nitrogens with zero attached hydrogens (tertiary/aromatic N) is 6. The number of para-hydroxylation sites is 1. The highest BCUT2D eigenvalue weighted by molar-refractivity contribution is 6.30. The van der Waals surface area contributed by atoms with Crippen LogP contribution in [0.1, 0.15) is 57.0 Å². The molecule has 1 atom stereocenters. The Labute approximate surface area is 290 Å². The van der Waals surface area contributed by atoms with Crippen LogP contribution < -0.4 is 5.56 Å². The van der Waals surface area contributed by atoms with Crippen LogP contribution >= 0.6 is 11.6 Å². The number of benzene rings is 2. The van der Waals surface area contributed by atoms with Crippen LogP contribution in [0.25, 0.3) is 10.9 Å². The second-order valence-electron chi connectivity index (χ2n) is 14.1. The molecule has 2 aliphatic heterocycles. The lowest BCUT2D eigenvalue weighted by molar-refractivity contribution is -0.531. The minimum absolute atomic E-state index is 0.0407. The van der Waals surface area contributed by atoms with E-state index in [1.165, 1.54) is 11.1 Å². The molecule has 9 heteroatoms. The van der Waals surface area contributed by atoms with Crippen molar-refractivity contribution in [1.82, 2.24) is 24.3 Å². The number of fused-ring (bicyclic) bond motifs is 1. The quantitative estimate of drug-likeness (QED) is 0.249. The van der Waals surface area contributed by atoms with Gasteiger partial charge < -0.3 is 4.90 Å². The number of hydrogen-bond acceptors (Lipinski definition) is 5. The number of halogens is 1. The Morgan fingerprint density at radius 1 is 0.938 bits per heavy atom. The molecule has 1 unspecified atom stereocenters. The minimum Gasteiger partial charge on any atom is -0.340 e.